The average Bonchev–Trinajstić information content (AvgIpc) is 3.04. The Kier molecular flexibility index (Phi) is 8.88. The molecule has 6 rings (SSSR count). The minimum atomic E-state index is -1.69. The van der Waals surface area contributed by atoms with Crippen LogP contribution in [0, 0.1) is 50.2 Å². The number of fused-ring (bicyclic) bond motifs is 7. The van der Waals surface area contributed by atoms with Gasteiger partial charge in [0, 0.05) is 12.0 Å². The van der Waals surface area contributed by atoms with Crippen LogP contribution in [-0.4, -0.2) is 110 Å². The summed E-state index contributed by atoms with van der Waals surface area (Å²) >= 11 is 0. The predicted molar refractivity (Wildman–Crippen MR) is 169 cm³/mol. The van der Waals surface area contributed by atoms with Crippen molar-refractivity contribution < 1.29 is 55.1 Å². The molecule has 0 aromatic rings. The lowest BCUT2D eigenvalue weighted by atomic mass is 9.33. The molecule has 8 N–H and O–H groups in total. The zero-order chi connectivity index (χ0) is 34.5. The molecule has 1 saturated heterocycles. The van der Waals surface area contributed by atoms with Crippen LogP contribution in [0.3, 0.4) is 0 Å². The number of esters is 1. The number of allylic oxidation sites excluding steroid dienone is 2. The molecule has 16 atom stereocenters. The maximum absolute atomic E-state index is 14.4. The Labute approximate surface area is 278 Å². The van der Waals surface area contributed by atoms with Crippen molar-refractivity contribution in [3.8, 4) is 0 Å². The van der Waals surface area contributed by atoms with Crippen molar-refractivity contribution >= 4 is 5.97 Å². The SMILES string of the molecule is C[C@]1(CO)CC[C@]2(C(=O)O[C@H]3O[C@H](CO)[C@@H](O)[C@H](O)[C@H]3O)CC[C@]3(C)C(=CC[C@H]4[C@@]5(C)C[C@@H](O)[C@@H](O)[C@@](C)(CO)[C@H]5CC[C@]43C)[C@@H]2C1. The van der Waals surface area contributed by atoms with Crippen molar-refractivity contribution in [1.29, 1.82) is 0 Å². The minimum Gasteiger partial charge on any atom is -0.432 e. The summed E-state index contributed by atoms with van der Waals surface area (Å²) in [5.41, 5.74) is -1.85. The van der Waals surface area contributed by atoms with E-state index in [1.165, 1.54) is 5.57 Å². The highest BCUT2D eigenvalue weighted by Gasteiger charge is 2.71. The standard InChI is InChI=1S/C36H58O11/c1-31(17-38)10-12-36(30(45)47-29-27(43)26(42)25(41)22(16-37)46-29)13-11-34(4)19(20(36)14-31)6-7-24-32(2)15-21(40)28(44)33(3,18-39)23(32)8-9-35(24,34)5/h6,20-29,37-44H,7-18H2,1-5H3/t20-,21+,22+,23-,24-,25+,26-,27+,28+,29+,31-,32-,33-,34+,35+,36-/m0/s1. The maximum atomic E-state index is 14.4. The van der Waals surface area contributed by atoms with Crippen molar-refractivity contribution in [3.05, 3.63) is 11.6 Å². The number of hydrogen-bond donors (Lipinski definition) is 8. The van der Waals surface area contributed by atoms with E-state index in [0.717, 1.165) is 19.3 Å². The number of rotatable bonds is 5. The third-order valence-corrected chi connectivity index (χ3v) is 15.5. The second-order valence-electron chi connectivity index (χ2n) is 17.7. The number of hydrogen-bond acceptors (Lipinski definition) is 11. The van der Waals surface area contributed by atoms with E-state index in [1.54, 1.807) is 0 Å². The summed E-state index contributed by atoms with van der Waals surface area (Å²) in [6.07, 6.45) is -1.58. The van der Waals surface area contributed by atoms with Crippen LogP contribution < -0.4 is 0 Å². The molecule has 5 fully saturated rings. The van der Waals surface area contributed by atoms with Gasteiger partial charge < -0.3 is 50.3 Å². The second-order valence-corrected chi connectivity index (χ2v) is 17.7. The lowest BCUT2D eigenvalue weighted by molar-refractivity contribution is -0.297. The number of aliphatic hydroxyl groups is 8. The fourth-order valence-electron chi connectivity index (χ4n) is 12.2. The quantitative estimate of drug-likeness (QED) is 0.156. The van der Waals surface area contributed by atoms with Crippen LogP contribution in [0.15, 0.2) is 11.6 Å². The largest absolute Gasteiger partial charge is 0.432 e. The van der Waals surface area contributed by atoms with Gasteiger partial charge in [-0.15, -0.1) is 0 Å². The van der Waals surface area contributed by atoms with E-state index in [-0.39, 0.29) is 47.2 Å². The number of carbonyl (C=O) groups is 1. The second kappa shape index (κ2) is 11.7. The molecule has 0 unspecified atom stereocenters. The summed E-state index contributed by atoms with van der Waals surface area (Å²) in [7, 11) is 0. The molecule has 1 aliphatic heterocycles. The number of carbonyl (C=O) groups excluding carboxylic acids is 1. The topological polar surface area (TPSA) is 197 Å². The third kappa shape index (κ3) is 4.81. The Bertz CT molecular complexity index is 1260. The number of aliphatic hydroxyl groups excluding tert-OH is 8. The smallest absolute Gasteiger partial charge is 0.315 e. The molecule has 5 aliphatic carbocycles. The fraction of sp³-hybridized carbons (Fsp3) is 0.917. The van der Waals surface area contributed by atoms with E-state index < -0.39 is 71.7 Å². The highest BCUT2D eigenvalue weighted by atomic mass is 16.7. The van der Waals surface area contributed by atoms with E-state index in [9.17, 15) is 45.6 Å². The van der Waals surface area contributed by atoms with Gasteiger partial charge in [0.2, 0.25) is 6.29 Å². The van der Waals surface area contributed by atoms with Crippen molar-refractivity contribution in [2.24, 2.45) is 50.2 Å². The van der Waals surface area contributed by atoms with E-state index in [4.69, 9.17) is 9.47 Å². The maximum Gasteiger partial charge on any atom is 0.315 e. The molecule has 0 aromatic carbocycles. The Morgan fingerprint density at radius 2 is 1.53 bits per heavy atom. The first-order chi connectivity index (χ1) is 21.9. The molecule has 11 heteroatoms. The van der Waals surface area contributed by atoms with Crippen LogP contribution in [-0.2, 0) is 14.3 Å². The van der Waals surface area contributed by atoms with Gasteiger partial charge in [0.15, 0.2) is 0 Å². The monoisotopic (exact) mass is 666 g/mol. The van der Waals surface area contributed by atoms with Crippen LogP contribution in [0.25, 0.3) is 0 Å². The van der Waals surface area contributed by atoms with Gasteiger partial charge in [0.05, 0.1) is 30.8 Å². The molecule has 4 saturated carbocycles. The van der Waals surface area contributed by atoms with Gasteiger partial charge >= 0.3 is 5.97 Å². The molecular weight excluding hydrogens is 608 g/mol. The van der Waals surface area contributed by atoms with Gasteiger partial charge in [-0.05, 0) is 97.2 Å². The summed E-state index contributed by atoms with van der Waals surface area (Å²) < 4.78 is 11.5. The lowest BCUT2D eigenvalue weighted by Crippen LogP contribution is -2.68. The van der Waals surface area contributed by atoms with Gasteiger partial charge in [-0.3, -0.25) is 4.79 Å². The van der Waals surface area contributed by atoms with Crippen LogP contribution in [0.5, 0.6) is 0 Å². The lowest BCUT2D eigenvalue weighted by Gasteiger charge is -2.71. The summed E-state index contributed by atoms with van der Waals surface area (Å²) in [5.74, 6) is -0.606. The molecule has 268 valence electrons. The normalized spacial score (nSPS) is 55.9. The molecular formula is C36H58O11. The van der Waals surface area contributed by atoms with Gasteiger partial charge in [0.25, 0.3) is 0 Å². The van der Waals surface area contributed by atoms with Gasteiger partial charge in [-0.25, -0.2) is 0 Å². The van der Waals surface area contributed by atoms with E-state index in [1.807, 2.05) is 6.92 Å². The Balaban J connectivity index is 1.37. The van der Waals surface area contributed by atoms with Gasteiger partial charge in [-0.1, -0.05) is 46.3 Å². The first kappa shape index (κ1) is 35.7. The molecule has 0 aromatic heterocycles. The van der Waals surface area contributed by atoms with Crippen molar-refractivity contribution in [3.63, 3.8) is 0 Å². The fourth-order valence-corrected chi connectivity index (χ4v) is 12.2. The Hall–Kier alpha value is -1.15. The molecule has 0 bridgehead atoms. The van der Waals surface area contributed by atoms with Crippen LogP contribution in [0.2, 0.25) is 0 Å². The minimum absolute atomic E-state index is 0.0229. The van der Waals surface area contributed by atoms with E-state index >= 15 is 0 Å². The first-order valence-corrected chi connectivity index (χ1v) is 17.7. The highest BCUT2D eigenvalue weighted by molar-refractivity contribution is 5.79. The summed E-state index contributed by atoms with van der Waals surface area (Å²) in [5, 5.41) is 84.3. The predicted octanol–water partition coefficient (Wildman–Crippen LogP) is 1.41. The zero-order valence-electron chi connectivity index (χ0n) is 28.6. The molecule has 0 radical (unpaired) electrons. The van der Waals surface area contributed by atoms with Crippen LogP contribution in [0.4, 0.5) is 0 Å². The Morgan fingerprint density at radius 3 is 2.17 bits per heavy atom. The number of ether oxygens (including phenoxy) is 2. The average molecular weight is 667 g/mol. The molecule has 6 aliphatic rings. The van der Waals surface area contributed by atoms with Crippen molar-refractivity contribution in [2.45, 2.75) is 135 Å². The zero-order valence-corrected chi connectivity index (χ0v) is 28.6. The van der Waals surface area contributed by atoms with Gasteiger partial charge in [-0.2, -0.15) is 0 Å². The third-order valence-electron chi connectivity index (χ3n) is 15.5. The highest BCUT2D eigenvalue weighted by Crippen LogP contribution is 2.75. The van der Waals surface area contributed by atoms with Crippen LogP contribution >= 0.6 is 0 Å². The molecule has 47 heavy (non-hydrogen) atoms. The van der Waals surface area contributed by atoms with Crippen molar-refractivity contribution in [1.82, 2.24) is 0 Å². The summed E-state index contributed by atoms with van der Waals surface area (Å²) in [4.78, 5) is 14.4. The van der Waals surface area contributed by atoms with Crippen LogP contribution in [0.1, 0.15) is 92.4 Å². The molecule has 0 spiro atoms. The van der Waals surface area contributed by atoms with Gasteiger partial charge in [0.1, 0.15) is 24.4 Å². The molecule has 1 heterocycles. The molecule has 11 nitrogen and oxygen atoms in total. The van der Waals surface area contributed by atoms with E-state index in [0.29, 0.717) is 38.5 Å². The Morgan fingerprint density at radius 1 is 0.851 bits per heavy atom. The summed E-state index contributed by atoms with van der Waals surface area (Å²) in [6.45, 7) is 10.0. The molecule has 0 amide bonds. The first-order valence-electron chi connectivity index (χ1n) is 17.7. The van der Waals surface area contributed by atoms with E-state index in [2.05, 4.69) is 33.8 Å². The summed E-state index contributed by atoms with van der Waals surface area (Å²) in [6, 6.07) is 0. The van der Waals surface area contributed by atoms with Crippen molar-refractivity contribution in [2.75, 3.05) is 19.8 Å².